The number of carbonyl (C=O) groups is 1. The van der Waals surface area contributed by atoms with Crippen LogP contribution in [-0.2, 0) is 5.41 Å². The Balaban J connectivity index is 2.26. The predicted molar refractivity (Wildman–Crippen MR) is 87.7 cm³/mol. The van der Waals surface area contributed by atoms with Crippen LogP contribution >= 0.6 is 0 Å². The lowest BCUT2D eigenvalue weighted by molar-refractivity contribution is 0.0962. The first-order valence-corrected chi connectivity index (χ1v) is 7.33. The van der Waals surface area contributed by atoms with Crippen molar-refractivity contribution in [3.63, 3.8) is 0 Å². The molecule has 2 aromatic rings. The molecule has 0 heterocycles. The molecular formula is C19H23NO. The van der Waals surface area contributed by atoms with Crippen molar-refractivity contribution < 1.29 is 4.79 Å². The molecule has 0 aromatic heterocycles. The third-order valence-electron chi connectivity index (χ3n) is 3.79. The molecule has 0 amide bonds. The van der Waals surface area contributed by atoms with Crippen LogP contribution in [0, 0.1) is 0 Å². The van der Waals surface area contributed by atoms with E-state index in [1.54, 1.807) is 0 Å². The van der Waals surface area contributed by atoms with Crippen molar-refractivity contribution in [2.75, 3.05) is 6.54 Å². The first-order chi connectivity index (χ1) is 9.93. The molecule has 21 heavy (non-hydrogen) atoms. The largest absolute Gasteiger partial charge is 0.329 e. The van der Waals surface area contributed by atoms with Gasteiger partial charge in [-0.1, -0.05) is 75.4 Å². The van der Waals surface area contributed by atoms with Gasteiger partial charge in [-0.05, 0) is 16.5 Å². The second kappa shape index (κ2) is 6.23. The summed E-state index contributed by atoms with van der Waals surface area (Å²) in [6, 6.07) is 17.6. The second-order valence-electron chi connectivity index (χ2n) is 6.39. The molecule has 0 bridgehead atoms. The quantitative estimate of drug-likeness (QED) is 0.863. The van der Waals surface area contributed by atoms with Gasteiger partial charge in [0.2, 0.25) is 0 Å². The summed E-state index contributed by atoms with van der Waals surface area (Å²) >= 11 is 0. The van der Waals surface area contributed by atoms with E-state index in [1.165, 1.54) is 5.56 Å². The highest BCUT2D eigenvalue weighted by Crippen LogP contribution is 2.24. The topological polar surface area (TPSA) is 43.1 Å². The molecule has 2 rings (SSSR count). The number of nitrogens with two attached hydrogens (primary N) is 1. The minimum atomic E-state index is -0.272. The lowest BCUT2D eigenvalue weighted by Crippen LogP contribution is -2.22. The van der Waals surface area contributed by atoms with Gasteiger partial charge in [0, 0.05) is 12.1 Å². The molecule has 0 fully saturated rings. The predicted octanol–water partition coefficient (Wildman–Crippen LogP) is 3.91. The van der Waals surface area contributed by atoms with E-state index in [1.807, 2.05) is 54.6 Å². The summed E-state index contributed by atoms with van der Waals surface area (Å²) in [5.41, 5.74) is 8.84. The average Bonchev–Trinajstić information content (AvgIpc) is 2.48. The third kappa shape index (κ3) is 3.59. The summed E-state index contributed by atoms with van der Waals surface area (Å²) in [6.45, 7) is 6.81. The van der Waals surface area contributed by atoms with Crippen LogP contribution in [0.25, 0.3) is 0 Å². The monoisotopic (exact) mass is 281 g/mol. The van der Waals surface area contributed by atoms with Gasteiger partial charge in [0.05, 0.1) is 5.92 Å². The molecule has 110 valence electrons. The maximum atomic E-state index is 12.7. The Labute approximate surface area is 127 Å². The van der Waals surface area contributed by atoms with Crippen molar-refractivity contribution in [2.45, 2.75) is 32.1 Å². The number of Topliss-reactive ketones (excluding diaryl/α,β-unsaturated/α-hetero) is 1. The summed E-state index contributed by atoms with van der Waals surface area (Å²) < 4.78 is 0. The highest BCUT2D eigenvalue weighted by atomic mass is 16.1. The van der Waals surface area contributed by atoms with Crippen LogP contribution in [0.3, 0.4) is 0 Å². The van der Waals surface area contributed by atoms with E-state index in [0.717, 1.165) is 11.1 Å². The minimum absolute atomic E-state index is 0.0872. The van der Waals surface area contributed by atoms with Crippen LogP contribution in [0.5, 0.6) is 0 Å². The second-order valence-corrected chi connectivity index (χ2v) is 6.39. The van der Waals surface area contributed by atoms with Gasteiger partial charge in [0.15, 0.2) is 5.78 Å². The molecule has 1 atom stereocenters. The maximum Gasteiger partial charge on any atom is 0.171 e. The molecular weight excluding hydrogens is 258 g/mol. The van der Waals surface area contributed by atoms with Crippen molar-refractivity contribution in [3.8, 4) is 0 Å². The molecule has 0 spiro atoms. The zero-order valence-corrected chi connectivity index (χ0v) is 13.0. The molecule has 1 unspecified atom stereocenters. The molecule has 2 N–H and O–H groups in total. The van der Waals surface area contributed by atoms with Gasteiger partial charge in [-0.15, -0.1) is 0 Å². The summed E-state index contributed by atoms with van der Waals surface area (Å²) in [5.74, 6) is -0.184. The SMILES string of the molecule is CC(C)(C)c1ccc(C(=O)C(CN)c2ccccc2)cc1. The van der Waals surface area contributed by atoms with Gasteiger partial charge in [-0.25, -0.2) is 0 Å². The van der Waals surface area contributed by atoms with Gasteiger partial charge in [0.25, 0.3) is 0 Å². The highest BCUT2D eigenvalue weighted by Gasteiger charge is 2.21. The highest BCUT2D eigenvalue weighted by molar-refractivity contribution is 6.01. The Morgan fingerprint density at radius 1 is 1.00 bits per heavy atom. The van der Waals surface area contributed by atoms with Crippen LogP contribution in [0.1, 0.15) is 48.2 Å². The Kier molecular flexibility index (Phi) is 4.59. The summed E-state index contributed by atoms with van der Waals surface area (Å²) in [5, 5.41) is 0. The minimum Gasteiger partial charge on any atom is -0.329 e. The van der Waals surface area contributed by atoms with Crippen molar-refractivity contribution in [3.05, 3.63) is 71.3 Å². The number of benzene rings is 2. The molecule has 0 saturated heterocycles. The van der Waals surface area contributed by atoms with Gasteiger partial charge in [-0.3, -0.25) is 4.79 Å². The van der Waals surface area contributed by atoms with E-state index in [0.29, 0.717) is 6.54 Å². The average molecular weight is 281 g/mol. The Morgan fingerprint density at radius 3 is 2.05 bits per heavy atom. The third-order valence-corrected chi connectivity index (χ3v) is 3.79. The van der Waals surface area contributed by atoms with Crippen LogP contribution in [0.15, 0.2) is 54.6 Å². The maximum absolute atomic E-state index is 12.7. The molecule has 0 aliphatic heterocycles. The molecule has 0 aliphatic rings. The van der Waals surface area contributed by atoms with E-state index in [4.69, 9.17) is 5.73 Å². The fourth-order valence-electron chi connectivity index (χ4n) is 2.42. The fourth-order valence-corrected chi connectivity index (χ4v) is 2.42. The van der Waals surface area contributed by atoms with E-state index < -0.39 is 0 Å². The summed E-state index contributed by atoms with van der Waals surface area (Å²) in [4.78, 5) is 12.7. The van der Waals surface area contributed by atoms with Gasteiger partial charge >= 0.3 is 0 Å². The normalized spacial score (nSPS) is 13.0. The number of ketones is 1. The van der Waals surface area contributed by atoms with Crippen molar-refractivity contribution >= 4 is 5.78 Å². The number of rotatable bonds is 4. The van der Waals surface area contributed by atoms with Crippen LogP contribution in [0.2, 0.25) is 0 Å². The molecule has 0 radical (unpaired) electrons. The van der Waals surface area contributed by atoms with Crippen molar-refractivity contribution in [2.24, 2.45) is 5.73 Å². The van der Waals surface area contributed by atoms with Gasteiger partial charge in [-0.2, -0.15) is 0 Å². The summed E-state index contributed by atoms with van der Waals surface area (Å²) in [6.07, 6.45) is 0. The molecule has 2 heteroatoms. The number of hydrogen-bond acceptors (Lipinski definition) is 2. The van der Waals surface area contributed by atoms with Crippen LogP contribution in [0.4, 0.5) is 0 Å². The smallest absolute Gasteiger partial charge is 0.171 e. The Hall–Kier alpha value is -1.93. The molecule has 0 saturated carbocycles. The van der Waals surface area contributed by atoms with E-state index >= 15 is 0 Å². The molecule has 2 aromatic carbocycles. The zero-order valence-electron chi connectivity index (χ0n) is 13.0. The zero-order chi connectivity index (χ0) is 15.5. The number of carbonyl (C=O) groups excluding carboxylic acids is 1. The van der Waals surface area contributed by atoms with E-state index in [9.17, 15) is 4.79 Å². The fraction of sp³-hybridized carbons (Fsp3) is 0.316. The van der Waals surface area contributed by atoms with Crippen molar-refractivity contribution in [1.29, 1.82) is 0 Å². The lowest BCUT2D eigenvalue weighted by Gasteiger charge is -2.20. The standard InChI is InChI=1S/C19H23NO/c1-19(2,3)16-11-9-15(10-12-16)18(21)17(13-20)14-7-5-4-6-8-14/h4-12,17H,13,20H2,1-3H3. The van der Waals surface area contributed by atoms with Gasteiger partial charge < -0.3 is 5.73 Å². The first kappa shape index (κ1) is 15.5. The van der Waals surface area contributed by atoms with Crippen molar-refractivity contribution in [1.82, 2.24) is 0 Å². The van der Waals surface area contributed by atoms with Crippen LogP contribution < -0.4 is 5.73 Å². The Morgan fingerprint density at radius 2 is 1.57 bits per heavy atom. The molecule has 0 aliphatic carbocycles. The lowest BCUT2D eigenvalue weighted by atomic mass is 9.85. The van der Waals surface area contributed by atoms with Gasteiger partial charge in [0.1, 0.15) is 0 Å². The van der Waals surface area contributed by atoms with Crippen LogP contribution in [-0.4, -0.2) is 12.3 Å². The first-order valence-electron chi connectivity index (χ1n) is 7.33. The van der Waals surface area contributed by atoms with E-state index in [2.05, 4.69) is 20.8 Å². The number of hydrogen-bond donors (Lipinski definition) is 1. The molecule has 2 nitrogen and oxygen atoms in total. The summed E-state index contributed by atoms with van der Waals surface area (Å²) in [7, 11) is 0. The van der Waals surface area contributed by atoms with E-state index in [-0.39, 0.29) is 17.1 Å². The Bertz CT molecular complexity index is 594.